The highest BCUT2D eigenvalue weighted by Crippen LogP contribution is 2.26. The molecular weight excluding hydrogens is 300 g/mol. The van der Waals surface area contributed by atoms with Gasteiger partial charge in [-0.1, -0.05) is 45.0 Å². The lowest BCUT2D eigenvalue weighted by Crippen LogP contribution is -2.40. The van der Waals surface area contributed by atoms with E-state index in [2.05, 4.69) is 50.0 Å². The molecule has 1 aliphatic heterocycles. The van der Waals surface area contributed by atoms with Crippen molar-refractivity contribution in [1.29, 1.82) is 0 Å². The summed E-state index contributed by atoms with van der Waals surface area (Å²) in [5.74, 6) is 0.0268. The maximum Gasteiger partial charge on any atom is 0.255 e. The predicted molar refractivity (Wildman–Crippen MR) is 95.1 cm³/mol. The monoisotopic (exact) mass is 324 g/mol. The van der Waals surface area contributed by atoms with Crippen LogP contribution in [0.25, 0.3) is 11.1 Å². The van der Waals surface area contributed by atoms with Crippen molar-refractivity contribution in [3.63, 3.8) is 0 Å². The lowest BCUT2D eigenvalue weighted by molar-refractivity contribution is 0.0302. The number of ether oxygens (including phenoxy) is 1. The molecule has 1 amide bonds. The Morgan fingerprint density at radius 2 is 1.71 bits per heavy atom. The summed E-state index contributed by atoms with van der Waals surface area (Å²) in [7, 11) is 0. The third kappa shape index (κ3) is 3.65. The van der Waals surface area contributed by atoms with Gasteiger partial charge >= 0.3 is 0 Å². The number of carbonyl (C=O) groups is 1. The highest BCUT2D eigenvalue weighted by molar-refractivity contribution is 5.95. The molecule has 0 bridgehead atoms. The van der Waals surface area contributed by atoms with Gasteiger partial charge in [0.05, 0.1) is 18.8 Å². The van der Waals surface area contributed by atoms with Crippen molar-refractivity contribution in [2.24, 2.45) is 0 Å². The minimum absolute atomic E-state index is 0.0268. The summed E-state index contributed by atoms with van der Waals surface area (Å²) >= 11 is 0. The van der Waals surface area contributed by atoms with Crippen LogP contribution in [0.4, 0.5) is 0 Å². The van der Waals surface area contributed by atoms with Crippen molar-refractivity contribution < 1.29 is 9.53 Å². The van der Waals surface area contributed by atoms with Gasteiger partial charge < -0.3 is 9.64 Å². The molecule has 0 radical (unpaired) electrons. The number of nitrogens with zero attached hydrogens (tertiary/aromatic N) is 2. The Morgan fingerprint density at radius 3 is 2.33 bits per heavy atom. The van der Waals surface area contributed by atoms with Gasteiger partial charge in [0.2, 0.25) is 0 Å². The van der Waals surface area contributed by atoms with Crippen LogP contribution in [-0.4, -0.2) is 42.1 Å². The van der Waals surface area contributed by atoms with Gasteiger partial charge in [-0.25, -0.2) is 0 Å². The van der Waals surface area contributed by atoms with E-state index in [1.807, 2.05) is 17.2 Å². The maximum atomic E-state index is 12.6. The van der Waals surface area contributed by atoms with E-state index in [9.17, 15) is 4.79 Å². The smallest absolute Gasteiger partial charge is 0.255 e. The summed E-state index contributed by atoms with van der Waals surface area (Å²) in [5.41, 5.74) is 4.10. The molecule has 0 saturated carbocycles. The number of hydrogen-bond acceptors (Lipinski definition) is 3. The standard InChI is InChI=1S/C20H24N2O2/c1-20(2,3)18-6-4-15(5-7-18)16-12-17(14-21-13-16)19(23)22-8-10-24-11-9-22/h4-7,12-14H,8-11H2,1-3H3. The Labute approximate surface area is 143 Å². The normalized spacial score (nSPS) is 15.4. The minimum atomic E-state index is 0.0268. The van der Waals surface area contributed by atoms with Crippen molar-refractivity contribution in [3.8, 4) is 11.1 Å². The average Bonchev–Trinajstić information content (AvgIpc) is 2.61. The molecule has 0 spiro atoms. The Balaban J connectivity index is 1.83. The van der Waals surface area contributed by atoms with Gasteiger partial charge in [0, 0.05) is 31.0 Å². The van der Waals surface area contributed by atoms with E-state index < -0.39 is 0 Å². The van der Waals surface area contributed by atoms with Gasteiger partial charge in [-0.3, -0.25) is 9.78 Å². The summed E-state index contributed by atoms with van der Waals surface area (Å²) in [5, 5.41) is 0. The van der Waals surface area contributed by atoms with Crippen LogP contribution < -0.4 is 0 Å². The lowest BCUT2D eigenvalue weighted by Gasteiger charge is -2.26. The van der Waals surface area contributed by atoms with Gasteiger partial charge in [-0.15, -0.1) is 0 Å². The second-order valence-corrected chi connectivity index (χ2v) is 7.19. The zero-order chi connectivity index (χ0) is 17.2. The number of pyridine rings is 1. The van der Waals surface area contributed by atoms with Crippen LogP contribution >= 0.6 is 0 Å². The quantitative estimate of drug-likeness (QED) is 0.849. The molecule has 2 heterocycles. The summed E-state index contributed by atoms with van der Waals surface area (Å²) in [4.78, 5) is 18.7. The molecule has 2 aromatic rings. The Hall–Kier alpha value is -2.20. The van der Waals surface area contributed by atoms with E-state index in [0.29, 0.717) is 31.9 Å². The molecule has 1 saturated heterocycles. The summed E-state index contributed by atoms with van der Waals surface area (Å²) in [6.45, 7) is 9.09. The number of amides is 1. The Kier molecular flexibility index (Phi) is 4.67. The fourth-order valence-corrected chi connectivity index (χ4v) is 2.83. The molecular formula is C20H24N2O2. The fraction of sp³-hybridized carbons (Fsp3) is 0.400. The molecule has 0 aliphatic carbocycles. The van der Waals surface area contributed by atoms with Crippen molar-refractivity contribution >= 4 is 5.91 Å². The van der Waals surface area contributed by atoms with Crippen LogP contribution in [-0.2, 0) is 10.2 Å². The number of carbonyl (C=O) groups excluding carboxylic acids is 1. The molecule has 4 nitrogen and oxygen atoms in total. The second kappa shape index (κ2) is 6.73. The number of benzene rings is 1. The molecule has 1 fully saturated rings. The average molecular weight is 324 g/mol. The topological polar surface area (TPSA) is 42.4 Å². The van der Waals surface area contributed by atoms with E-state index in [-0.39, 0.29) is 11.3 Å². The van der Waals surface area contributed by atoms with Crippen LogP contribution in [0.2, 0.25) is 0 Å². The molecule has 126 valence electrons. The van der Waals surface area contributed by atoms with Crippen molar-refractivity contribution in [1.82, 2.24) is 9.88 Å². The van der Waals surface area contributed by atoms with Crippen molar-refractivity contribution in [2.45, 2.75) is 26.2 Å². The van der Waals surface area contributed by atoms with Gasteiger partial charge in [-0.2, -0.15) is 0 Å². The molecule has 1 aromatic carbocycles. The van der Waals surface area contributed by atoms with Gasteiger partial charge in [-0.05, 0) is 22.6 Å². The first-order valence-corrected chi connectivity index (χ1v) is 8.38. The first kappa shape index (κ1) is 16.7. The van der Waals surface area contributed by atoms with E-state index >= 15 is 0 Å². The lowest BCUT2D eigenvalue weighted by atomic mass is 9.86. The minimum Gasteiger partial charge on any atom is -0.378 e. The predicted octanol–water partition coefficient (Wildman–Crippen LogP) is 3.52. The van der Waals surface area contributed by atoms with Crippen LogP contribution in [0, 0.1) is 0 Å². The second-order valence-electron chi connectivity index (χ2n) is 7.19. The highest BCUT2D eigenvalue weighted by Gasteiger charge is 2.19. The summed E-state index contributed by atoms with van der Waals surface area (Å²) < 4.78 is 5.31. The van der Waals surface area contributed by atoms with Gasteiger partial charge in [0.25, 0.3) is 5.91 Å². The molecule has 1 aliphatic rings. The molecule has 4 heteroatoms. The Bertz CT molecular complexity index is 711. The first-order chi connectivity index (χ1) is 11.4. The van der Waals surface area contributed by atoms with Crippen molar-refractivity contribution in [2.75, 3.05) is 26.3 Å². The number of rotatable bonds is 2. The fourth-order valence-electron chi connectivity index (χ4n) is 2.83. The molecule has 0 N–H and O–H groups in total. The highest BCUT2D eigenvalue weighted by atomic mass is 16.5. The van der Waals surface area contributed by atoms with Crippen LogP contribution in [0.5, 0.6) is 0 Å². The van der Waals surface area contributed by atoms with Crippen molar-refractivity contribution in [3.05, 3.63) is 53.9 Å². The molecule has 0 unspecified atom stereocenters. The van der Waals surface area contributed by atoms with E-state index in [4.69, 9.17) is 4.74 Å². The molecule has 1 aromatic heterocycles. The number of aromatic nitrogens is 1. The third-order valence-electron chi connectivity index (χ3n) is 4.37. The SMILES string of the molecule is CC(C)(C)c1ccc(-c2cncc(C(=O)N3CCOCC3)c2)cc1. The zero-order valence-corrected chi connectivity index (χ0v) is 14.6. The maximum absolute atomic E-state index is 12.6. The number of morpholine rings is 1. The van der Waals surface area contributed by atoms with Gasteiger partial charge in [0.15, 0.2) is 0 Å². The van der Waals surface area contributed by atoms with Gasteiger partial charge in [0.1, 0.15) is 0 Å². The summed E-state index contributed by atoms with van der Waals surface area (Å²) in [6, 6.07) is 10.4. The van der Waals surface area contributed by atoms with Crippen LogP contribution in [0.15, 0.2) is 42.7 Å². The molecule has 0 atom stereocenters. The molecule has 24 heavy (non-hydrogen) atoms. The zero-order valence-electron chi connectivity index (χ0n) is 14.6. The van der Waals surface area contributed by atoms with E-state index in [0.717, 1.165) is 11.1 Å². The number of hydrogen-bond donors (Lipinski definition) is 0. The van der Waals surface area contributed by atoms with E-state index in [1.54, 1.807) is 6.20 Å². The van der Waals surface area contributed by atoms with Crippen LogP contribution in [0.1, 0.15) is 36.7 Å². The summed E-state index contributed by atoms with van der Waals surface area (Å²) in [6.07, 6.45) is 3.45. The largest absolute Gasteiger partial charge is 0.378 e. The first-order valence-electron chi connectivity index (χ1n) is 8.38. The third-order valence-corrected chi connectivity index (χ3v) is 4.37. The Morgan fingerprint density at radius 1 is 1.04 bits per heavy atom. The van der Waals surface area contributed by atoms with E-state index in [1.165, 1.54) is 5.56 Å². The molecule has 3 rings (SSSR count). The van der Waals surface area contributed by atoms with Crippen LogP contribution in [0.3, 0.4) is 0 Å².